The fourth-order valence-electron chi connectivity index (χ4n) is 15.4. The summed E-state index contributed by atoms with van der Waals surface area (Å²) in [4.78, 5) is 0. The van der Waals surface area contributed by atoms with Crippen LogP contribution in [-0.4, -0.2) is 4.40 Å². The van der Waals surface area contributed by atoms with Crippen LogP contribution in [0.5, 0.6) is 0 Å². The number of para-hydroxylation sites is 1. The molecule has 8 aliphatic carbocycles. The van der Waals surface area contributed by atoms with Crippen LogP contribution in [0.2, 0.25) is 0 Å². The van der Waals surface area contributed by atoms with Crippen LogP contribution in [0.25, 0.3) is 82.3 Å². The fourth-order valence-corrected chi connectivity index (χ4v) is 15.4. The first kappa shape index (κ1) is 31.4. The second-order valence-electron chi connectivity index (χ2n) is 19.9. The van der Waals surface area contributed by atoms with E-state index in [1.807, 2.05) is 0 Å². The maximum absolute atomic E-state index is 11.1. The summed E-state index contributed by atoms with van der Waals surface area (Å²) in [7, 11) is 0. The second kappa shape index (κ2) is 10.9. The molecule has 3 nitrogen and oxygen atoms in total. The van der Waals surface area contributed by atoms with Crippen LogP contribution in [0, 0.1) is 35.0 Å². The van der Waals surface area contributed by atoms with Crippen molar-refractivity contribution in [2.75, 3.05) is 0 Å². The first-order chi connectivity index (χ1) is 28.6. The zero-order valence-electron chi connectivity index (χ0n) is 32.7. The molecular weight excluding hydrogens is 705 g/mol. The Hall–Kier alpha value is -5.59. The Labute approximate surface area is 337 Å². The molecule has 4 atom stereocenters. The van der Waals surface area contributed by atoms with Gasteiger partial charge in [-0.1, -0.05) is 60.7 Å². The number of benzene rings is 6. The average Bonchev–Trinajstić information content (AvgIpc) is 3.81. The highest BCUT2D eigenvalue weighted by atomic mass is 16.3. The van der Waals surface area contributed by atoms with Crippen molar-refractivity contribution in [3.63, 3.8) is 0 Å². The minimum Gasteiger partial charge on any atom is -0.456 e. The molecule has 9 aromatic rings. The van der Waals surface area contributed by atoms with Gasteiger partial charge in [0.25, 0.3) is 0 Å². The van der Waals surface area contributed by atoms with Crippen molar-refractivity contribution in [1.29, 1.82) is 5.26 Å². The molecule has 280 valence electrons. The molecule has 0 amide bonds. The molecule has 0 aliphatic heterocycles. The van der Waals surface area contributed by atoms with Crippen molar-refractivity contribution in [2.45, 2.75) is 87.9 Å². The normalized spacial score (nSPS) is 28.0. The maximum atomic E-state index is 11.1. The molecule has 3 aromatic heterocycles. The lowest BCUT2D eigenvalue weighted by atomic mass is 9.67. The van der Waals surface area contributed by atoms with E-state index in [2.05, 4.69) is 108 Å². The largest absolute Gasteiger partial charge is 0.456 e. The number of aromatic nitrogens is 1. The lowest BCUT2D eigenvalue weighted by Gasteiger charge is -2.38. The van der Waals surface area contributed by atoms with Gasteiger partial charge in [0.15, 0.2) is 0 Å². The Balaban J connectivity index is 1.16. The minimum atomic E-state index is 0.499. The van der Waals surface area contributed by atoms with Crippen LogP contribution in [-0.2, 0) is 0 Å². The average molecular weight is 749 g/mol. The highest BCUT2D eigenvalue weighted by Gasteiger charge is 2.47. The minimum absolute atomic E-state index is 0.499. The van der Waals surface area contributed by atoms with Crippen LogP contribution in [0.3, 0.4) is 0 Å². The molecule has 4 saturated carbocycles. The molecule has 17 rings (SSSR count). The molecule has 8 aliphatic rings. The first-order valence-electron chi connectivity index (χ1n) is 22.4. The highest BCUT2D eigenvalue weighted by Crippen LogP contribution is 2.63. The van der Waals surface area contributed by atoms with Gasteiger partial charge < -0.3 is 8.82 Å². The molecule has 6 aromatic carbocycles. The zero-order valence-corrected chi connectivity index (χ0v) is 32.7. The number of nitriles is 1. The fraction of sp³-hybridized carbons (Fsp3) is 0.327. The van der Waals surface area contributed by atoms with Crippen molar-refractivity contribution < 1.29 is 4.42 Å². The molecule has 0 spiro atoms. The summed E-state index contributed by atoms with van der Waals surface area (Å²) in [5, 5.41) is 19.2. The molecule has 58 heavy (non-hydrogen) atoms. The predicted octanol–water partition coefficient (Wildman–Crippen LogP) is 14.7. The van der Waals surface area contributed by atoms with Gasteiger partial charge in [0.1, 0.15) is 11.2 Å². The Bertz CT molecular complexity index is 3290. The van der Waals surface area contributed by atoms with Crippen molar-refractivity contribution in [3.8, 4) is 28.3 Å². The van der Waals surface area contributed by atoms with E-state index in [0.29, 0.717) is 23.7 Å². The Morgan fingerprint density at radius 3 is 1.71 bits per heavy atom. The van der Waals surface area contributed by atoms with Gasteiger partial charge in [-0.15, -0.1) is 0 Å². The van der Waals surface area contributed by atoms with E-state index in [0.717, 1.165) is 40.4 Å². The standard InChI is InChI=1S/C55H44N2O/c56-27-38-25-44-53(50-36-19-28-13-29(20-36)16-34(15-28)48(38)50)42-23-33(39-10-6-12-47-52(39)40-9-4-5-11-46(40)58-47)24-43-54-45(57(44)55(42)43)26-41(32-7-2-1-3-8-32)49-35-17-30-14-31(18-35)22-37(21-30)51(49)54/h1-12,23-26,28-31,34-37H,13-22H2. The third-order valence-corrected chi connectivity index (χ3v) is 17.0. The lowest BCUT2D eigenvalue weighted by Crippen LogP contribution is -2.25. The number of hydrogen-bond acceptors (Lipinski definition) is 2. The van der Waals surface area contributed by atoms with Gasteiger partial charge in [0.05, 0.1) is 28.2 Å². The molecule has 0 N–H and O–H groups in total. The summed E-state index contributed by atoms with van der Waals surface area (Å²) < 4.78 is 9.20. The second-order valence-corrected chi connectivity index (χ2v) is 19.9. The van der Waals surface area contributed by atoms with E-state index in [4.69, 9.17) is 4.42 Å². The van der Waals surface area contributed by atoms with Gasteiger partial charge in [-0.25, -0.2) is 0 Å². The Morgan fingerprint density at radius 2 is 1.03 bits per heavy atom. The molecule has 3 heteroatoms. The van der Waals surface area contributed by atoms with E-state index < -0.39 is 0 Å². The van der Waals surface area contributed by atoms with E-state index in [1.165, 1.54) is 141 Å². The molecule has 0 saturated heterocycles. The van der Waals surface area contributed by atoms with Gasteiger partial charge in [-0.3, -0.25) is 0 Å². The monoisotopic (exact) mass is 748 g/mol. The first-order valence-corrected chi connectivity index (χ1v) is 22.4. The maximum Gasteiger partial charge on any atom is 0.136 e. The number of nitrogens with zero attached hydrogens (tertiary/aromatic N) is 2. The zero-order chi connectivity index (χ0) is 37.5. The summed E-state index contributed by atoms with van der Waals surface area (Å²) in [5.41, 5.74) is 18.4. The summed E-state index contributed by atoms with van der Waals surface area (Å²) >= 11 is 0. The van der Waals surface area contributed by atoms with Crippen LogP contribution in [0.15, 0.2) is 101 Å². The molecule has 8 bridgehead atoms. The van der Waals surface area contributed by atoms with E-state index in [-0.39, 0.29) is 0 Å². The van der Waals surface area contributed by atoms with Gasteiger partial charge in [-0.2, -0.15) is 5.26 Å². The van der Waals surface area contributed by atoms with E-state index in [1.54, 1.807) is 16.7 Å². The Kier molecular flexibility index (Phi) is 5.91. The third-order valence-electron chi connectivity index (χ3n) is 17.0. The third kappa shape index (κ3) is 3.91. The topological polar surface area (TPSA) is 41.3 Å². The molecule has 4 fully saturated rings. The molecule has 4 unspecified atom stereocenters. The summed E-state index contributed by atoms with van der Waals surface area (Å²) in [5.74, 6) is 5.43. The summed E-state index contributed by atoms with van der Waals surface area (Å²) in [6.07, 6.45) is 13.2. The summed E-state index contributed by atoms with van der Waals surface area (Å²) in [6, 6.07) is 39.5. The van der Waals surface area contributed by atoms with Crippen LogP contribution in [0.4, 0.5) is 0 Å². The molecule has 3 heterocycles. The van der Waals surface area contributed by atoms with Gasteiger partial charge in [0.2, 0.25) is 0 Å². The quantitative estimate of drug-likeness (QED) is 0.177. The van der Waals surface area contributed by atoms with Crippen molar-refractivity contribution >= 4 is 60.0 Å². The van der Waals surface area contributed by atoms with E-state index in [9.17, 15) is 5.26 Å². The van der Waals surface area contributed by atoms with E-state index >= 15 is 0 Å². The van der Waals surface area contributed by atoms with Gasteiger partial charge in [0, 0.05) is 32.3 Å². The predicted molar refractivity (Wildman–Crippen MR) is 235 cm³/mol. The van der Waals surface area contributed by atoms with Crippen molar-refractivity contribution in [2.24, 2.45) is 23.7 Å². The lowest BCUT2D eigenvalue weighted by molar-refractivity contribution is 0.166. The van der Waals surface area contributed by atoms with Crippen molar-refractivity contribution in [1.82, 2.24) is 4.40 Å². The van der Waals surface area contributed by atoms with Crippen molar-refractivity contribution in [3.05, 3.63) is 125 Å². The number of rotatable bonds is 2. The van der Waals surface area contributed by atoms with Gasteiger partial charge in [-0.05, 0) is 192 Å². The number of hydrogen-bond donors (Lipinski definition) is 0. The smallest absolute Gasteiger partial charge is 0.136 e. The number of furan rings is 1. The van der Waals surface area contributed by atoms with Gasteiger partial charge >= 0.3 is 0 Å². The van der Waals surface area contributed by atoms with Crippen LogP contribution in [0.1, 0.15) is 116 Å². The number of fused-ring (bicyclic) bond motifs is 9. The Morgan fingerprint density at radius 1 is 0.466 bits per heavy atom. The highest BCUT2D eigenvalue weighted by molar-refractivity contribution is 6.27. The molecular formula is C55H44N2O. The van der Waals surface area contributed by atoms with Crippen LogP contribution >= 0.6 is 0 Å². The SMILES string of the molecule is N#Cc1cc2c(c3c1C1CC4CC(C1)CC3C4)c1cc(-c3cccc4oc5ccccc5c34)cc3c4c5c(c(-c6ccccc6)cc4n2c13)C1CC2CC(C1)CC5C2. The van der Waals surface area contributed by atoms with Crippen LogP contribution < -0.4 is 0 Å². The summed E-state index contributed by atoms with van der Waals surface area (Å²) in [6.45, 7) is 0. The molecule has 0 radical (unpaired) electrons.